The number of carbonyl (C=O) groups excluding carboxylic acids is 1. The van der Waals surface area contributed by atoms with Gasteiger partial charge in [-0.15, -0.1) is 0 Å². The average Bonchev–Trinajstić information content (AvgIpc) is 2.14. The number of nitrogens with zero attached hydrogens (tertiary/aromatic N) is 1. The molecule has 5 heteroatoms. The van der Waals surface area contributed by atoms with Gasteiger partial charge in [0.25, 0.3) is 0 Å². The third-order valence-corrected chi connectivity index (χ3v) is 2.65. The molecule has 0 aromatic carbocycles. The monoisotopic (exact) mass is 230 g/mol. The van der Waals surface area contributed by atoms with E-state index in [9.17, 15) is 4.79 Å². The standard InChI is InChI=1S/C11H22N2O3/c1-8-7-9(16-12)5-6-13(8)10(14)15-11(2,3)4/h8-9H,5-7,12H2,1-4H3. The Balaban J connectivity index is 2.52. The van der Waals surface area contributed by atoms with Gasteiger partial charge in [-0.2, -0.15) is 0 Å². The zero-order valence-corrected chi connectivity index (χ0v) is 10.5. The van der Waals surface area contributed by atoms with Crippen LogP contribution in [0.5, 0.6) is 0 Å². The first-order valence-corrected chi connectivity index (χ1v) is 5.68. The molecule has 0 radical (unpaired) electrons. The lowest BCUT2D eigenvalue weighted by atomic mass is 10.0. The number of rotatable bonds is 1. The van der Waals surface area contributed by atoms with Gasteiger partial charge < -0.3 is 14.5 Å². The Morgan fingerprint density at radius 3 is 2.50 bits per heavy atom. The third kappa shape index (κ3) is 3.64. The highest BCUT2D eigenvalue weighted by atomic mass is 16.6. The number of piperidine rings is 1. The van der Waals surface area contributed by atoms with Gasteiger partial charge in [0.15, 0.2) is 0 Å². The maximum absolute atomic E-state index is 11.9. The molecule has 5 nitrogen and oxygen atoms in total. The fourth-order valence-corrected chi connectivity index (χ4v) is 1.84. The molecule has 2 N–H and O–H groups in total. The van der Waals surface area contributed by atoms with Crippen LogP contribution >= 0.6 is 0 Å². The minimum absolute atomic E-state index is 0.0497. The SMILES string of the molecule is CC1CC(ON)CCN1C(=O)OC(C)(C)C. The molecule has 0 aliphatic carbocycles. The fourth-order valence-electron chi connectivity index (χ4n) is 1.84. The van der Waals surface area contributed by atoms with Crippen molar-refractivity contribution in [3.8, 4) is 0 Å². The van der Waals surface area contributed by atoms with Crippen LogP contribution in [-0.4, -0.2) is 35.3 Å². The first-order chi connectivity index (χ1) is 7.33. The van der Waals surface area contributed by atoms with Gasteiger partial charge in [0.1, 0.15) is 5.60 Å². The van der Waals surface area contributed by atoms with Crippen molar-refractivity contribution in [1.29, 1.82) is 0 Å². The first-order valence-electron chi connectivity index (χ1n) is 5.68. The second kappa shape index (κ2) is 5.01. The maximum Gasteiger partial charge on any atom is 0.410 e. The Hall–Kier alpha value is -0.810. The van der Waals surface area contributed by atoms with E-state index in [1.54, 1.807) is 4.90 Å². The van der Waals surface area contributed by atoms with Crippen LogP contribution in [0.3, 0.4) is 0 Å². The molecule has 1 heterocycles. The molecule has 1 aliphatic heterocycles. The molecule has 2 atom stereocenters. The number of carbonyl (C=O) groups is 1. The molecule has 0 spiro atoms. The highest BCUT2D eigenvalue weighted by molar-refractivity contribution is 5.68. The molecule has 1 saturated heterocycles. The molecule has 0 aromatic heterocycles. The van der Waals surface area contributed by atoms with Crippen molar-refractivity contribution in [2.75, 3.05) is 6.54 Å². The second-order valence-electron chi connectivity index (χ2n) is 5.31. The summed E-state index contributed by atoms with van der Waals surface area (Å²) in [7, 11) is 0. The first kappa shape index (κ1) is 13.3. The van der Waals surface area contributed by atoms with E-state index in [2.05, 4.69) is 0 Å². The summed E-state index contributed by atoms with van der Waals surface area (Å²) in [4.78, 5) is 18.4. The van der Waals surface area contributed by atoms with E-state index in [0.29, 0.717) is 6.54 Å². The minimum atomic E-state index is -0.446. The van der Waals surface area contributed by atoms with Crippen LogP contribution in [0.4, 0.5) is 4.79 Å². The summed E-state index contributed by atoms with van der Waals surface area (Å²) in [6.07, 6.45) is 1.32. The van der Waals surface area contributed by atoms with Crippen molar-refractivity contribution in [2.24, 2.45) is 5.90 Å². The topological polar surface area (TPSA) is 64.8 Å². The van der Waals surface area contributed by atoms with Crippen molar-refractivity contribution in [3.63, 3.8) is 0 Å². The van der Waals surface area contributed by atoms with Gasteiger partial charge in [0, 0.05) is 12.6 Å². The van der Waals surface area contributed by atoms with Gasteiger partial charge in [-0.1, -0.05) is 0 Å². The van der Waals surface area contributed by atoms with Crippen LogP contribution < -0.4 is 5.90 Å². The second-order valence-corrected chi connectivity index (χ2v) is 5.31. The van der Waals surface area contributed by atoms with Crippen LogP contribution in [0.25, 0.3) is 0 Å². The highest BCUT2D eigenvalue weighted by Gasteiger charge is 2.31. The molecule has 0 saturated carbocycles. The Morgan fingerprint density at radius 2 is 2.06 bits per heavy atom. The lowest BCUT2D eigenvalue weighted by Gasteiger charge is -2.37. The van der Waals surface area contributed by atoms with Crippen LogP contribution in [0.1, 0.15) is 40.5 Å². The van der Waals surface area contributed by atoms with Crippen molar-refractivity contribution in [2.45, 2.75) is 58.3 Å². The van der Waals surface area contributed by atoms with E-state index in [0.717, 1.165) is 12.8 Å². The van der Waals surface area contributed by atoms with Gasteiger partial charge in [-0.05, 0) is 40.5 Å². The quantitative estimate of drug-likeness (QED) is 0.696. The largest absolute Gasteiger partial charge is 0.444 e. The molecule has 1 fully saturated rings. The van der Waals surface area contributed by atoms with Gasteiger partial charge in [0.05, 0.1) is 6.10 Å². The average molecular weight is 230 g/mol. The summed E-state index contributed by atoms with van der Waals surface area (Å²) in [5, 5.41) is 0. The van der Waals surface area contributed by atoms with Crippen molar-refractivity contribution in [1.82, 2.24) is 4.90 Å². The number of amides is 1. The smallest absolute Gasteiger partial charge is 0.410 e. The lowest BCUT2D eigenvalue weighted by molar-refractivity contribution is -0.0285. The third-order valence-electron chi connectivity index (χ3n) is 2.65. The number of ether oxygens (including phenoxy) is 1. The molecule has 16 heavy (non-hydrogen) atoms. The molecular weight excluding hydrogens is 208 g/mol. The van der Waals surface area contributed by atoms with Crippen molar-refractivity contribution in [3.05, 3.63) is 0 Å². The summed E-state index contributed by atoms with van der Waals surface area (Å²) >= 11 is 0. The molecule has 1 rings (SSSR count). The van der Waals surface area contributed by atoms with E-state index in [1.165, 1.54) is 0 Å². The van der Waals surface area contributed by atoms with Gasteiger partial charge >= 0.3 is 6.09 Å². The zero-order chi connectivity index (χ0) is 12.3. The fraction of sp³-hybridized carbons (Fsp3) is 0.909. The van der Waals surface area contributed by atoms with Crippen LogP contribution in [0.15, 0.2) is 0 Å². The van der Waals surface area contributed by atoms with E-state index in [-0.39, 0.29) is 18.2 Å². The Bertz CT molecular complexity index is 250. The van der Waals surface area contributed by atoms with Crippen molar-refractivity contribution < 1.29 is 14.4 Å². The van der Waals surface area contributed by atoms with E-state index in [1.807, 2.05) is 27.7 Å². The molecule has 1 aliphatic rings. The summed E-state index contributed by atoms with van der Waals surface area (Å²) < 4.78 is 5.33. The van der Waals surface area contributed by atoms with Gasteiger partial charge in [-0.25, -0.2) is 10.7 Å². The van der Waals surface area contributed by atoms with Gasteiger partial charge in [-0.3, -0.25) is 0 Å². The summed E-state index contributed by atoms with van der Waals surface area (Å²) in [6.45, 7) is 8.22. The number of nitrogens with two attached hydrogens (primary N) is 1. The predicted molar refractivity (Wildman–Crippen MR) is 60.7 cm³/mol. The van der Waals surface area contributed by atoms with E-state index in [4.69, 9.17) is 15.5 Å². The molecule has 0 bridgehead atoms. The highest BCUT2D eigenvalue weighted by Crippen LogP contribution is 2.21. The van der Waals surface area contributed by atoms with Crippen LogP contribution in [0, 0.1) is 0 Å². The zero-order valence-electron chi connectivity index (χ0n) is 10.5. The van der Waals surface area contributed by atoms with Crippen molar-refractivity contribution >= 4 is 6.09 Å². The van der Waals surface area contributed by atoms with E-state index < -0.39 is 5.60 Å². The number of hydrogen-bond donors (Lipinski definition) is 1. The Labute approximate surface area is 96.8 Å². The van der Waals surface area contributed by atoms with Crippen LogP contribution in [-0.2, 0) is 9.57 Å². The summed E-state index contributed by atoms with van der Waals surface area (Å²) in [5.41, 5.74) is -0.446. The molecule has 0 aromatic rings. The number of likely N-dealkylation sites (tertiary alicyclic amines) is 1. The van der Waals surface area contributed by atoms with E-state index >= 15 is 0 Å². The maximum atomic E-state index is 11.9. The molecule has 2 unspecified atom stereocenters. The van der Waals surface area contributed by atoms with Crippen LogP contribution in [0.2, 0.25) is 0 Å². The normalized spacial score (nSPS) is 26.7. The summed E-state index contributed by atoms with van der Waals surface area (Å²) in [5.74, 6) is 5.15. The molecule has 94 valence electrons. The lowest BCUT2D eigenvalue weighted by Crippen LogP contribution is -2.48. The minimum Gasteiger partial charge on any atom is -0.444 e. The predicted octanol–water partition coefficient (Wildman–Crippen LogP) is 1.66. The summed E-state index contributed by atoms with van der Waals surface area (Å²) in [6, 6.07) is 0.108. The molecular formula is C11H22N2O3. The Kier molecular flexibility index (Phi) is 4.15. The molecule has 1 amide bonds. The Morgan fingerprint density at radius 1 is 1.44 bits per heavy atom. The van der Waals surface area contributed by atoms with Gasteiger partial charge in [0.2, 0.25) is 0 Å². The number of hydrogen-bond acceptors (Lipinski definition) is 4.